The van der Waals surface area contributed by atoms with Gasteiger partial charge in [0, 0.05) is 11.8 Å². The summed E-state index contributed by atoms with van der Waals surface area (Å²) in [4.78, 5) is 25.7. The van der Waals surface area contributed by atoms with Crippen LogP contribution in [0.5, 0.6) is 0 Å². The third-order valence-corrected chi connectivity index (χ3v) is 3.87. The number of alkyl halides is 2. The summed E-state index contributed by atoms with van der Waals surface area (Å²) in [6.07, 6.45) is -2.99. The molecule has 1 aromatic rings. The highest BCUT2D eigenvalue weighted by atomic mass is 19.1. The number of ether oxygens (including phenoxy) is 1. The molecule has 4 atom stereocenters. The molecule has 0 bridgehead atoms. The van der Waals surface area contributed by atoms with Crippen molar-refractivity contribution in [2.45, 2.75) is 50.3 Å². The van der Waals surface area contributed by atoms with Crippen molar-refractivity contribution in [3.8, 4) is 0 Å². The molecule has 1 aromatic heterocycles. The highest BCUT2D eigenvalue weighted by Crippen LogP contribution is 2.30. The number of hydrogen-bond acceptors (Lipinski definition) is 5. The van der Waals surface area contributed by atoms with Gasteiger partial charge in [-0.05, 0) is 19.3 Å². The summed E-state index contributed by atoms with van der Waals surface area (Å²) in [5, 5.41) is 18.6. The number of unbranched alkanes of at least 4 members (excludes halogenated alkanes) is 2. The number of aromatic amines is 1. The Bertz CT molecular complexity index is 632. The molecule has 1 aliphatic rings. The summed E-state index contributed by atoms with van der Waals surface area (Å²) >= 11 is 0. The Morgan fingerprint density at radius 2 is 2.04 bits per heavy atom. The second-order valence-corrected chi connectivity index (χ2v) is 5.50. The molecule has 1 aliphatic heterocycles. The first-order valence-corrected chi connectivity index (χ1v) is 7.48. The minimum absolute atomic E-state index is 0.251. The largest absolute Gasteiger partial charge is 0.394 e. The first-order chi connectivity index (χ1) is 11.0. The summed E-state index contributed by atoms with van der Waals surface area (Å²) in [5.74, 6) is 0. The molecule has 0 radical (unpaired) electrons. The number of halogens is 2. The minimum Gasteiger partial charge on any atom is -0.394 e. The topological polar surface area (TPSA) is 105 Å². The third kappa shape index (κ3) is 3.85. The second kappa shape index (κ2) is 7.80. The van der Waals surface area contributed by atoms with E-state index >= 15 is 0 Å². The van der Waals surface area contributed by atoms with Gasteiger partial charge < -0.3 is 14.9 Å². The maximum atomic E-state index is 14.1. The number of nitrogens with zero attached hydrogens (tertiary/aromatic N) is 1. The van der Waals surface area contributed by atoms with E-state index in [9.17, 15) is 23.5 Å². The molecule has 0 aromatic carbocycles. The molecule has 7 nitrogen and oxygen atoms in total. The van der Waals surface area contributed by atoms with E-state index in [1.807, 2.05) is 0 Å². The zero-order valence-electron chi connectivity index (χ0n) is 12.5. The smallest absolute Gasteiger partial charge is 0.330 e. The van der Waals surface area contributed by atoms with E-state index in [0.29, 0.717) is 25.7 Å². The standard InChI is InChI=1S/C14H20F2N2O5/c15-5-3-1-2-4-8-6-18(14(22)17-12(8)21)13-10(16)11(20)9(7-19)23-13/h6,9-11,13,19-20H,1-5,7H2,(H,17,21,22)/t9-,10+,11-,13-/m1/s1/i15-1. The van der Waals surface area contributed by atoms with Crippen molar-refractivity contribution in [1.29, 1.82) is 0 Å². The lowest BCUT2D eigenvalue weighted by Crippen LogP contribution is -2.37. The van der Waals surface area contributed by atoms with Crippen molar-refractivity contribution >= 4 is 0 Å². The van der Waals surface area contributed by atoms with Crippen LogP contribution in [0.4, 0.5) is 8.78 Å². The SMILES string of the molecule is O=c1[nH]c(=O)n([C@@H]2O[C@H](CO)[C@@H](O)[C@@H]2F)cc1CCCCC[18F]. The van der Waals surface area contributed by atoms with Crippen LogP contribution >= 0.6 is 0 Å². The summed E-state index contributed by atoms with van der Waals surface area (Å²) < 4.78 is 32.2. The maximum Gasteiger partial charge on any atom is 0.330 e. The fourth-order valence-electron chi connectivity index (χ4n) is 2.56. The minimum atomic E-state index is -1.91. The monoisotopic (exact) mass is 333 g/mol. The molecule has 3 N–H and O–H groups in total. The van der Waals surface area contributed by atoms with Crippen molar-refractivity contribution in [2.75, 3.05) is 13.3 Å². The van der Waals surface area contributed by atoms with E-state index in [1.54, 1.807) is 0 Å². The molecule has 1 saturated heterocycles. The van der Waals surface area contributed by atoms with Crippen molar-refractivity contribution in [3.05, 3.63) is 32.6 Å². The quantitative estimate of drug-likeness (QED) is 0.600. The first kappa shape index (κ1) is 17.8. The maximum absolute atomic E-state index is 14.1. The van der Waals surface area contributed by atoms with Crippen LogP contribution < -0.4 is 11.2 Å². The lowest BCUT2D eigenvalue weighted by Gasteiger charge is -2.16. The zero-order valence-corrected chi connectivity index (χ0v) is 12.5. The van der Waals surface area contributed by atoms with Gasteiger partial charge in [-0.25, -0.2) is 9.18 Å². The molecule has 130 valence electrons. The number of rotatable bonds is 7. The molecule has 0 amide bonds. The van der Waals surface area contributed by atoms with E-state index in [4.69, 9.17) is 9.84 Å². The van der Waals surface area contributed by atoms with Crippen LogP contribution in [0.1, 0.15) is 31.1 Å². The Hall–Kier alpha value is -1.58. The fourth-order valence-corrected chi connectivity index (χ4v) is 2.56. The van der Waals surface area contributed by atoms with Crippen molar-refractivity contribution in [2.24, 2.45) is 0 Å². The van der Waals surface area contributed by atoms with E-state index < -0.39 is 49.1 Å². The van der Waals surface area contributed by atoms with Crippen LogP contribution in [0.3, 0.4) is 0 Å². The number of aliphatic hydroxyl groups is 2. The number of aryl methyl sites for hydroxylation is 1. The number of hydrogen-bond donors (Lipinski definition) is 3. The van der Waals surface area contributed by atoms with Crippen molar-refractivity contribution < 1.29 is 23.7 Å². The average Bonchev–Trinajstić information content (AvgIpc) is 2.81. The summed E-state index contributed by atoms with van der Waals surface area (Å²) in [6, 6.07) is 0. The van der Waals surface area contributed by atoms with E-state index in [-0.39, 0.29) is 5.56 Å². The Kier molecular flexibility index (Phi) is 6.03. The van der Waals surface area contributed by atoms with E-state index in [1.165, 1.54) is 6.20 Å². The number of nitrogens with one attached hydrogen (secondary N) is 1. The molecular formula is C14H20F2N2O5. The van der Waals surface area contributed by atoms with Crippen molar-refractivity contribution in [1.82, 2.24) is 9.55 Å². The van der Waals surface area contributed by atoms with Gasteiger partial charge in [-0.3, -0.25) is 18.7 Å². The van der Waals surface area contributed by atoms with Crippen molar-refractivity contribution in [3.63, 3.8) is 0 Å². The van der Waals surface area contributed by atoms with Gasteiger partial charge in [-0.15, -0.1) is 0 Å². The van der Waals surface area contributed by atoms with Crippen LogP contribution in [0.2, 0.25) is 0 Å². The molecule has 0 unspecified atom stereocenters. The van der Waals surface area contributed by atoms with Gasteiger partial charge in [0.1, 0.15) is 12.2 Å². The molecule has 1 fully saturated rings. The molecule has 0 spiro atoms. The molecular weight excluding hydrogens is 313 g/mol. The lowest BCUT2D eigenvalue weighted by atomic mass is 10.1. The van der Waals surface area contributed by atoms with Crippen LogP contribution in [0.15, 0.2) is 15.8 Å². The van der Waals surface area contributed by atoms with Gasteiger partial charge >= 0.3 is 5.69 Å². The summed E-state index contributed by atoms with van der Waals surface area (Å²) in [6.45, 7) is -1.03. The van der Waals surface area contributed by atoms with Crippen LogP contribution in [-0.2, 0) is 11.2 Å². The Morgan fingerprint density at radius 1 is 1.30 bits per heavy atom. The lowest BCUT2D eigenvalue weighted by molar-refractivity contribution is -0.0492. The molecule has 2 heterocycles. The summed E-state index contributed by atoms with van der Waals surface area (Å²) in [5.41, 5.74) is -1.19. The Balaban J connectivity index is 2.22. The molecule has 0 aliphatic carbocycles. The van der Waals surface area contributed by atoms with Gasteiger partial charge in [0.25, 0.3) is 5.56 Å². The Labute approximate surface area is 130 Å². The molecule has 9 heteroatoms. The third-order valence-electron chi connectivity index (χ3n) is 3.87. The van der Waals surface area contributed by atoms with Crippen LogP contribution in [0, 0.1) is 0 Å². The molecule has 2 rings (SSSR count). The van der Waals surface area contributed by atoms with Crippen LogP contribution in [0.25, 0.3) is 0 Å². The fraction of sp³-hybridized carbons (Fsp3) is 0.714. The van der Waals surface area contributed by atoms with E-state index in [2.05, 4.69) is 4.98 Å². The Morgan fingerprint density at radius 3 is 2.65 bits per heavy atom. The predicted molar refractivity (Wildman–Crippen MR) is 76.8 cm³/mol. The highest BCUT2D eigenvalue weighted by Gasteiger charge is 2.45. The zero-order chi connectivity index (χ0) is 17.0. The van der Waals surface area contributed by atoms with Gasteiger partial charge in [-0.1, -0.05) is 6.42 Å². The van der Waals surface area contributed by atoms with Gasteiger partial charge in [0.05, 0.1) is 13.3 Å². The number of aromatic nitrogens is 2. The normalized spacial score (nSPS) is 27.5. The first-order valence-electron chi connectivity index (χ1n) is 7.48. The average molecular weight is 333 g/mol. The number of H-pyrrole nitrogens is 1. The van der Waals surface area contributed by atoms with Crippen LogP contribution in [-0.4, -0.2) is 51.4 Å². The van der Waals surface area contributed by atoms with Gasteiger partial charge in [-0.2, -0.15) is 0 Å². The number of aliphatic hydroxyl groups excluding tert-OH is 2. The van der Waals surface area contributed by atoms with E-state index in [0.717, 1.165) is 4.57 Å². The van der Waals surface area contributed by atoms with Gasteiger partial charge in [0.15, 0.2) is 12.4 Å². The predicted octanol–water partition coefficient (Wildman–Crippen LogP) is -0.192. The molecule has 23 heavy (non-hydrogen) atoms. The second-order valence-electron chi connectivity index (χ2n) is 5.50. The molecule has 0 saturated carbocycles. The van der Waals surface area contributed by atoms with Gasteiger partial charge in [0.2, 0.25) is 0 Å². The highest BCUT2D eigenvalue weighted by molar-refractivity contribution is 5.06. The summed E-state index contributed by atoms with van der Waals surface area (Å²) in [7, 11) is 0.